The smallest absolute Gasteiger partial charge is 0.407 e. The molecule has 42 heavy (non-hydrogen) atoms. The van der Waals surface area contributed by atoms with Crippen LogP contribution in [0.15, 0.2) is 64.8 Å². The summed E-state index contributed by atoms with van der Waals surface area (Å²) in [5.74, 6) is 0.310. The number of primary amides is 1. The summed E-state index contributed by atoms with van der Waals surface area (Å²) < 4.78 is 13.6. The number of anilines is 1. The van der Waals surface area contributed by atoms with Crippen LogP contribution >= 0.6 is 11.8 Å². The summed E-state index contributed by atoms with van der Waals surface area (Å²) in [4.78, 5) is 38.5. The van der Waals surface area contributed by atoms with E-state index in [1.807, 2.05) is 67.9 Å². The highest BCUT2D eigenvalue weighted by molar-refractivity contribution is 7.99. The highest BCUT2D eigenvalue weighted by atomic mass is 32.2. The molecule has 2 aromatic heterocycles. The average molecular weight is 589 g/mol. The Labute approximate surface area is 249 Å². The van der Waals surface area contributed by atoms with Crippen LogP contribution in [0.1, 0.15) is 50.9 Å². The number of aromatic nitrogens is 3. The molecule has 0 aliphatic carbocycles. The van der Waals surface area contributed by atoms with Crippen molar-refractivity contribution >= 4 is 46.1 Å². The standard InChI is InChI=1S/C31H36N6O4S/c1-19-15-31(18-40-19)11-13-36(17-25(31)35-29(39)41-30(2,3)4)28-34-16-24(27-33-12-14-37(27)28)42-23-10-9-22(26(32)38)20-7-5-6-8-21(20)23/h5-10,12,14,16,19,25H,11,13,15,17-18H2,1-4H3,(H2,32,38)(H,35,39)/t19-,25?,31?/m0/s1. The first-order valence-corrected chi connectivity index (χ1v) is 15.0. The zero-order valence-electron chi connectivity index (χ0n) is 24.3. The molecular formula is C31H36N6O4S. The van der Waals surface area contributed by atoms with Crippen LogP contribution in [-0.4, -0.2) is 63.8 Å². The molecule has 4 heterocycles. The molecule has 0 radical (unpaired) electrons. The number of carbonyl (C=O) groups is 2. The fraction of sp³-hybridized carbons (Fsp3) is 0.419. The molecule has 2 unspecified atom stereocenters. The Bertz CT molecular complexity index is 1670. The first kappa shape index (κ1) is 28.3. The van der Waals surface area contributed by atoms with Crippen LogP contribution in [0.2, 0.25) is 0 Å². The second-order valence-electron chi connectivity index (χ2n) is 12.2. The van der Waals surface area contributed by atoms with E-state index in [0.717, 1.165) is 51.5 Å². The van der Waals surface area contributed by atoms with Crippen molar-refractivity contribution in [3.05, 3.63) is 60.6 Å². The highest BCUT2D eigenvalue weighted by Gasteiger charge is 2.49. The fourth-order valence-electron chi connectivity index (χ4n) is 6.17. The summed E-state index contributed by atoms with van der Waals surface area (Å²) in [5.41, 5.74) is 6.16. The molecule has 220 valence electrons. The molecule has 2 fully saturated rings. The molecule has 3 N–H and O–H groups in total. The molecule has 1 spiro atoms. The van der Waals surface area contributed by atoms with Crippen molar-refractivity contribution in [3.63, 3.8) is 0 Å². The van der Waals surface area contributed by atoms with E-state index in [-0.39, 0.29) is 17.6 Å². The van der Waals surface area contributed by atoms with Gasteiger partial charge in [0.1, 0.15) is 5.60 Å². The van der Waals surface area contributed by atoms with Gasteiger partial charge in [-0.2, -0.15) is 0 Å². The molecule has 6 rings (SSSR count). The second-order valence-corrected chi connectivity index (χ2v) is 13.3. The van der Waals surface area contributed by atoms with Crippen LogP contribution in [0.4, 0.5) is 10.7 Å². The van der Waals surface area contributed by atoms with Crippen molar-refractivity contribution in [2.24, 2.45) is 11.1 Å². The number of imidazole rings is 1. The number of nitrogens with two attached hydrogens (primary N) is 1. The number of benzene rings is 2. The third kappa shape index (κ3) is 5.38. The van der Waals surface area contributed by atoms with Crippen molar-refractivity contribution < 1.29 is 19.1 Å². The molecule has 2 aliphatic rings. The van der Waals surface area contributed by atoms with Crippen molar-refractivity contribution in [2.75, 3.05) is 24.6 Å². The van der Waals surface area contributed by atoms with E-state index in [1.165, 1.54) is 0 Å². The van der Waals surface area contributed by atoms with Gasteiger partial charge in [0.25, 0.3) is 0 Å². The van der Waals surface area contributed by atoms with Gasteiger partial charge in [0.15, 0.2) is 5.65 Å². The summed E-state index contributed by atoms with van der Waals surface area (Å²) in [7, 11) is 0. The Hall–Kier alpha value is -3.83. The number of rotatable bonds is 5. The molecular weight excluding hydrogens is 552 g/mol. The van der Waals surface area contributed by atoms with Gasteiger partial charge in [-0.3, -0.25) is 9.20 Å². The normalized spacial score (nSPS) is 22.6. The van der Waals surface area contributed by atoms with Crippen molar-refractivity contribution in [1.82, 2.24) is 19.7 Å². The Morgan fingerprint density at radius 2 is 1.93 bits per heavy atom. The third-order valence-electron chi connectivity index (χ3n) is 8.09. The van der Waals surface area contributed by atoms with E-state index >= 15 is 0 Å². The van der Waals surface area contributed by atoms with Gasteiger partial charge in [-0.25, -0.2) is 14.8 Å². The lowest BCUT2D eigenvalue weighted by molar-refractivity contribution is 0.0385. The molecule has 10 nitrogen and oxygen atoms in total. The van der Waals surface area contributed by atoms with E-state index in [1.54, 1.807) is 24.0 Å². The summed E-state index contributed by atoms with van der Waals surface area (Å²) in [6, 6.07) is 11.3. The van der Waals surface area contributed by atoms with Gasteiger partial charge in [0, 0.05) is 47.6 Å². The third-order valence-corrected chi connectivity index (χ3v) is 9.17. The second kappa shape index (κ2) is 10.8. The van der Waals surface area contributed by atoms with E-state index in [0.29, 0.717) is 18.7 Å². The molecule has 2 aliphatic heterocycles. The molecule has 2 saturated heterocycles. The topological polar surface area (TPSA) is 124 Å². The van der Waals surface area contributed by atoms with Crippen LogP contribution < -0.4 is 16.0 Å². The van der Waals surface area contributed by atoms with E-state index in [2.05, 4.69) is 22.1 Å². The Balaban J connectivity index is 1.30. The number of amides is 2. The Morgan fingerprint density at radius 1 is 1.14 bits per heavy atom. The van der Waals surface area contributed by atoms with Gasteiger partial charge >= 0.3 is 6.09 Å². The van der Waals surface area contributed by atoms with Crippen LogP contribution in [-0.2, 0) is 9.47 Å². The molecule has 0 saturated carbocycles. The number of hydrogen-bond donors (Lipinski definition) is 2. The lowest BCUT2D eigenvalue weighted by atomic mass is 9.73. The van der Waals surface area contributed by atoms with Gasteiger partial charge in [0.2, 0.25) is 11.9 Å². The van der Waals surface area contributed by atoms with E-state index in [4.69, 9.17) is 20.2 Å². The number of hydrogen-bond acceptors (Lipinski definition) is 8. The quantitative estimate of drug-likeness (QED) is 0.333. The first-order valence-electron chi connectivity index (χ1n) is 14.2. The van der Waals surface area contributed by atoms with Gasteiger partial charge < -0.3 is 25.4 Å². The SMILES string of the molecule is C[C@H]1CC2(CCN(c3ncc(Sc4ccc(C(N)=O)c5ccccc45)c4nccn34)CC2NC(=O)OC(C)(C)C)CO1. The molecule has 2 aromatic carbocycles. The summed E-state index contributed by atoms with van der Waals surface area (Å²) in [6.07, 6.45) is 6.99. The van der Waals surface area contributed by atoms with Gasteiger partial charge in [-0.05, 0) is 63.4 Å². The number of nitrogens with zero attached hydrogens (tertiary/aromatic N) is 4. The zero-order chi connectivity index (χ0) is 29.6. The number of piperidine rings is 1. The minimum Gasteiger partial charge on any atom is -0.444 e. The number of nitrogens with one attached hydrogen (secondary N) is 1. The summed E-state index contributed by atoms with van der Waals surface area (Å²) >= 11 is 1.55. The minimum atomic E-state index is -0.589. The predicted molar refractivity (Wildman–Crippen MR) is 162 cm³/mol. The largest absolute Gasteiger partial charge is 0.444 e. The molecule has 2 amide bonds. The highest BCUT2D eigenvalue weighted by Crippen LogP contribution is 2.43. The van der Waals surface area contributed by atoms with E-state index in [9.17, 15) is 9.59 Å². The maximum Gasteiger partial charge on any atom is 0.407 e. The van der Waals surface area contributed by atoms with Gasteiger partial charge in [-0.1, -0.05) is 36.0 Å². The number of carbonyl (C=O) groups excluding carboxylic acids is 2. The lowest BCUT2D eigenvalue weighted by Gasteiger charge is -2.45. The molecule has 4 aromatic rings. The maximum absolute atomic E-state index is 12.9. The van der Waals surface area contributed by atoms with Crippen molar-refractivity contribution in [1.29, 1.82) is 0 Å². The van der Waals surface area contributed by atoms with Gasteiger partial charge in [-0.15, -0.1) is 0 Å². The summed E-state index contributed by atoms with van der Waals surface area (Å²) in [6.45, 7) is 9.63. The average Bonchev–Trinajstić information content (AvgIpc) is 3.57. The number of fused-ring (bicyclic) bond motifs is 2. The molecule has 0 bridgehead atoms. The summed E-state index contributed by atoms with van der Waals surface area (Å²) in [5, 5.41) is 4.93. The predicted octanol–water partition coefficient (Wildman–Crippen LogP) is 5.03. The van der Waals surface area contributed by atoms with Gasteiger partial charge in [0.05, 0.1) is 23.6 Å². The van der Waals surface area contributed by atoms with Crippen molar-refractivity contribution in [3.8, 4) is 0 Å². The fourth-order valence-corrected chi connectivity index (χ4v) is 7.17. The minimum absolute atomic E-state index is 0.141. The lowest BCUT2D eigenvalue weighted by Crippen LogP contribution is -2.60. The van der Waals surface area contributed by atoms with Crippen LogP contribution in [0, 0.1) is 5.41 Å². The zero-order valence-corrected chi connectivity index (χ0v) is 25.1. The Kier molecular flexibility index (Phi) is 7.26. The number of alkyl carbamates (subject to hydrolysis) is 1. The van der Waals surface area contributed by atoms with E-state index < -0.39 is 17.6 Å². The van der Waals surface area contributed by atoms with Crippen LogP contribution in [0.3, 0.4) is 0 Å². The van der Waals surface area contributed by atoms with Crippen LogP contribution in [0.25, 0.3) is 16.4 Å². The first-order chi connectivity index (χ1) is 20.0. The molecule has 3 atom stereocenters. The monoisotopic (exact) mass is 588 g/mol. The maximum atomic E-state index is 12.9. The Morgan fingerprint density at radius 3 is 2.64 bits per heavy atom. The molecule has 11 heteroatoms. The number of ether oxygens (including phenoxy) is 2. The van der Waals surface area contributed by atoms with Crippen LogP contribution in [0.5, 0.6) is 0 Å². The van der Waals surface area contributed by atoms with Crippen molar-refractivity contribution in [2.45, 2.75) is 68.1 Å².